The molecular weight excluding hydrogens is 408 g/mol. The molecule has 0 saturated carbocycles. The number of hydrogen-bond donors (Lipinski definition) is 2. The first-order chi connectivity index (χ1) is 15.4. The maximum absolute atomic E-state index is 13.0. The molecule has 8 nitrogen and oxygen atoms in total. The number of anilines is 2. The predicted octanol–water partition coefficient (Wildman–Crippen LogP) is 3.01. The van der Waals surface area contributed by atoms with Crippen LogP contribution in [0.4, 0.5) is 11.5 Å². The van der Waals surface area contributed by atoms with Crippen molar-refractivity contribution in [2.75, 3.05) is 24.3 Å². The average Bonchev–Trinajstić information content (AvgIpc) is 2.80. The summed E-state index contributed by atoms with van der Waals surface area (Å²) in [6.07, 6.45) is 3.19. The van der Waals surface area contributed by atoms with E-state index in [2.05, 4.69) is 11.9 Å². The summed E-state index contributed by atoms with van der Waals surface area (Å²) in [5, 5.41) is 0. The molecule has 32 heavy (non-hydrogen) atoms. The number of amides is 1. The van der Waals surface area contributed by atoms with Gasteiger partial charge in [0.25, 0.3) is 11.5 Å². The molecule has 0 aliphatic carbocycles. The van der Waals surface area contributed by atoms with Crippen molar-refractivity contribution in [1.82, 2.24) is 9.55 Å². The zero-order valence-electron chi connectivity index (χ0n) is 18.3. The highest BCUT2D eigenvalue weighted by Gasteiger charge is 2.22. The van der Waals surface area contributed by atoms with E-state index >= 15 is 0 Å². The molecule has 3 aromatic rings. The van der Waals surface area contributed by atoms with Crippen molar-refractivity contribution in [2.24, 2.45) is 0 Å². The smallest absolute Gasteiger partial charge is 0.330 e. The Balaban J connectivity index is 1.83. The van der Waals surface area contributed by atoms with Gasteiger partial charge in [-0.05, 0) is 36.2 Å². The Kier molecular flexibility index (Phi) is 7.49. The predicted molar refractivity (Wildman–Crippen MR) is 125 cm³/mol. The molecule has 3 N–H and O–H groups in total. The van der Waals surface area contributed by atoms with Crippen molar-refractivity contribution < 1.29 is 9.53 Å². The highest BCUT2D eigenvalue weighted by atomic mass is 16.5. The van der Waals surface area contributed by atoms with Crippen LogP contribution < -0.4 is 26.6 Å². The molecular formula is C24H28N4O4. The van der Waals surface area contributed by atoms with Gasteiger partial charge < -0.3 is 15.4 Å². The number of carbonyl (C=O) groups excluding carboxylic acids is 1. The van der Waals surface area contributed by atoms with Crippen molar-refractivity contribution >= 4 is 17.4 Å². The lowest BCUT2D eigenvalue weighted by Gasteiger charge is -2.20. The van der Waals surface area contributed by atoms with Gasteiger partial charge in [0.2, 0.25) is 0 Å². The molecule has 0 saturated heterocycles. The number of nitrogen functional groups attached to an aromatic ring is 1. The topological polar surface area (TPSA) is 110 Å². The standard InChI is InChI=1S/C24H28N4O4/c1-3-4-8-15-32-19-13-11-18(12-14-19)23(30)27(2)20-21(25)28(24(31)26-22(20)29)16-17-9-6-5-7-10-17/h5-7,9-14H,3-4,8,15-16,25H2,1-2H3,(H,26,29,31). The quantitative estimate of drug-likeness (QED) is 0.501. The van der Waals surface area contributed by atoms with Crippen LogP contribution in [0.1, 0.15) is 42.1 Å². The summed E-state index contributed by atoms with van der Waals surface area (Å²) in [5.41, 5.74) is 5.96. The van der Waals surface area contributed by atoms with Gasteiger partial charge >= 0.3 is 5.69 Å². The molecule has 0 radical (unpaired) electrons. The highest BCUT2D eigenvalue weighted by Crippen LogP contribution is 2.20. The number of unbranched alkanes of at least 4 members (excludes halogenated alkanes) is 2. The Labute approximate surface area is 186 Å². The molecule has 0 atom stereocenters. The summed E-state index contributed by atoms with van der Waals surface area (Å²) < 4.78 is 6.91. The van der Waals surface area contributed by atoms with E-state index in [-0.39, 0.29) is 18.1 Å². The van der Waals surface area contributed by atoms with E-state index in [0.717, 1.165) is 29.7 Å². The lowest BCUT2D eigenvalue weighted by Crippen LogP contribution is -2.39. The molecule has 0 aliphatic heterocycles. The molecule has 0 unspecified atom stereocenters. The van der Waals surface area contributed by atoms with Gasteiger partial charge in [0, 0.05) is 12.6 Å². The normalized spacial score (nSPS) is 10.7. The van der Waals surface area contributed by atoms with Crippen molar-refractivity contribution in [1.29, 1.82) is 0 Å². The number of benzene rings is 2. The molecule has 0 fully saturated rings. The molecule has 0 bridgehead atoms. The molecule has 8 heteroatoms. The summed E-state index contributed by atoms with van der Waals surface area (Å²) in [5.74, 6) is 0.174. The number of nitrogens with one attached hydrogen (secondary N) is 1. The Hall–Kier alpha value is -3.81. The monoisotopic (exact) mass is 436 g/mol. The van der Waals surface area contributed by atoms with E-state index in [4.69, 9.17) is 10.5 Å². The van der Waals surface area contributed by atoms with Gasteiger partial charge in [-0.25, -0.2) is 4.79 Å². The highest BCUT2D eigenvalue weighted by molar-refractivity contribution is 6.06. The summed E-state index contributed by atoms with van der Waals surface area (Å²) >= 11 is 0. The lowest BCUT2D eigenvalue weighted by atomic mass is 10.2. The van der Waals surface area contributed by atoms with E-state index in [0.29, 0.717) is 17.9 Å². The molecule has 2 aromatic carbocycles. The van der Waals surface area contributed by atoms with Crippen LogP contribution in [-0.4, -0.2) is 29.1 Å². The van der Waals surface area contributed by atoms with Crippen LogP contribution in [0.15, 0.2) is 64.2 Å². The molecule has 0 spiro atoms. The fourth-order valence-electron chi connectivity index (χ4n) is 3.36. The fraction of sp³-hybridized carbons (Fsp3) is 0.292. The number of H-pyrrole nitrogens is 1. The first-order valence-corrected chi connectivity index (χ1v) is 10.6. The third-order valence-electron chi connectivity index (χ3n) is 5.16. The Bertz CT molecular complexity index is 1170. The largest absolute Gasteiger partial charge is 0.494 e. The zero-order valence-corrected chi connectivity index (χ0v) is 18.3. The van der Waals surface area contributed by atoms with Crippen molar-refractivity contribution in [3.8, 4) is 5.75 Å². The Morgan fingerprint density at radius 2 is 1.75 bits per heavy atom. The van der Waals surface area contributed by atoms with Crippen molar-refractivity contribution in [2.45, 2.75) is 32.7 Å². The first-order valence-electron chi connectivity index (χ1n) is 10.6. The van der Waals surface area contributed by atoms with E-state index < -0.39 is 17.2 Å². The van der Waals surface area contributed by atoms with E-state index in [1.165, 1.54) is 11.6 Å². The van der Waals surface area contributed by atoms with Crippen molar-refractivity contribution in [3.63, 3.8) is 0 Å². The molecule has 1 heterocycles. The Morgan fingerprint density at radius 1 is 1.06 bits per heavy atom. The van der Waals surface area contributed by atoms with Crippen LogP contribution in [0.25, 0.3) is 0 Å². The van der Waals surface area contributed by atoms with Crippen LogP contribution in [0, 0.1) is 0 Å². The van der Waals surface area contributed by atoms with Gasteiger partial charge in [-0.3, -0.25) is 19.1 Å². The number of rotatable bonds is 9. The number of aromatic nitrogens is 2. The van der Waals surface area contributed by atoms with Gasteiger partial charge in [0.1, 0.15) is 11.6 Å². The van der Waals surface area contributed by atoms with Gasteiger partial charge in [0.05, 0.1) is 13.2 Å². The molecule has 3 rings (SSSR count). The van der Waals surface area contributed by atoms with Crippen LogP contribution in [0.5, 0.6) is 5.75 Å². The minimum atomic E-state index is -0.719. The number of nitrogens with zero attached hydrogens (tertiary/aromatic N) is 2. The van der Waals surface area contributed by atoms with Crippen LogP contribution in [0.3, 0.4) is 0 Å². The summed E-state index contributed by atoms with van der Waals surface area (Å²) in [4.78, 5) is 41.3. The average molecular weight is 437 g/mol. The second-order valence-corrected chi connectivity index (χ2v) is 7.51. The number of aromatic amines is 1. The van der Waals surface area contributed by atoms with Gasteiger partial charge in [-0.1, -0.05) is 50.1 Å². The van der Waals surface area contributed by atoms with Gasteiger partial charge in [-0.15, -0.1) is 0 Å². The van der Waals surface area contributed by atoms with E-state index in [9.17, 15) is 14.4 Å². The summed E-state index contributed by atoms with van der Waals surface area (Å²) in [7, 11) is 1.45. The van der Waals surface area contributed by atoms with Gasteiger partial charge in [0.15, 0.2) is 5.69 Å². The van der Waals surface area contributed by atoms with Crippen LogP contribution in [0.2, 0.25) is 0 Å². The zero-order chi connectivity index (χ0) is 23.1. The fourth-order valence-corrected chi connectivity index (χ4v) is 3.36. The third kappa shape index (κ3) is 5.26. The summed E-state index contributed by atoms with van der Waals surface area (Å²) in [6, 6.07) is 16.0. The number of carbonyl (C=O) groups is 1. The molecule has 1 amide bonds. The minimum absolute atomic E-state index is 0.0747. The third-order valence-corrected chi connectivity index (χ3v) is 5.16. The van der Waals surface area contributed by atoms with Crippen LogP contribution >= 0.6 is 0 Å². The van der Waals surface area contributed by atoms with E-state index in [1.807, 2.05) is 30.3 Å². The first kappa shape index (κ1) is 22.9. The second kappa shape index (κ2) is 10.5. The number of nitrogens with two attached hydrogens (primary N) is 1. The van der Waals surface area contributed by atoms with Gasteiger partial charge in [-0.2, -0.15) is 0 Å². The number of hydrogen-bond acceptors (Lipinski definition) is 5. The Morgan fingerprint density at radius 3 is 2.41 bits per heavy atom. The minimum Gasteiger partial charge on any atom is -0.494 e. The molecule has 1 aromatic heterocycles. The van der Waals surface area contributed by atoms with Crippen LogP contribution in [-0.2, 0) is 6.54 Å². The summed E-state index contributed by atoms with van der Waals surface area (Å²) in [6.45, 7) is 2.92. The SMILES string of the molecule is CCCCCOc1ccc(C(=O)N(C)c2c(N)n(Cc3ccccc3)c(=O)[nH]c2=O)cc1. The second-order valence-electron chi connectivity index (χ2n) is 7.51. The molecule has 0 aliphatic rings. The maximum atomic E-state index is 13.0. The van der Waals surface area contributed by atoms with E-state index in [1.54, 1.807) is 24.3 Å². The van der Waals surface area contributed by atoms with Crippen molar-refractivity contribution in [3.05, 3.63) is 86.6 Å². The molecule has 168 valence electrons. The number of ether oxygens (including phenoxy) is 1. The maximum Gasteiger partial charge on any atom is 0.330 e. The lowest BCUT2D eigenvalue weighted by molar-refractivity contribution is 0.0992.